The molecule has 3 aliphatic rings. The van der Waals surface area contributed by atoms with Crippen molar-refractivity contribution in [1.29, 1.82) is 0 Å². The van der Waals surface area contributed by atoms with Crippen molar-refractivity contribution in [3.63, 3.8) is 0 Å². The minimum Gasteiger partial charge on any atom is -0.309 e. The van der Waals surface area contributed by atoms with Gasteiger partial charge in [-0.05, 0) is 66.7 Å². The van der Waals surface area contributed by atoms with Crippen LogP contribution in [-0.4, -0.2) is 6.04 Å². The van der Waals surface area contributed by atoms with Crippen LogP contribution in [0.5, 0.6) is 0 Å². The average molecular weight is 327 g/mol. The van der Waals surface area contributed by atoms with Crippen molar-refractivity contribution in [1.82, 2.24) is 5.32 Å². The van der Waals surface area contributed by atoms with Gasteiger partial charge in [0.2, 0.25) is 0 Å². The summed E-state index contributed by atoms with van der Waals surface area (Å²) in [7, 11) is 0. The maximum absolute atomic E-state index is 6.23. The van der Waals surface area contributed by atoms with Crippen molar-refractivity contribution < 1.29 is 0 Å². The van der Waals surface area contributed by atoms with Crippen LogP contribution >= 0.6 is 27.5 Å². The van der Waals surface area contributed by atoms with E-state index in [2.05, 4.69) is 27.3 Å². The smallest absolute Gasteiger partial charge is 0.0451 e. The Morgan fingerprint density at radius 2 is 1.94 bits per heavy atom. The molecule has 3 heteroatoms. The molecule has 1 aromatic carbocycles. The highest BCUT2D eigenvalue weighted by Gasteiger charge is 2.64. The quantitative estimate of drug-likeness (QED) is 0.876. The molecule has 3 aliphatic carbocycles. The molecule has 0 heterocycles. The lowest BCUT2D eigenvalue weighted by Gasteiger charge is -2.11. The molecule has 4 rings (SSSR count). The average Bonchev–Trinajstić information content (AvgIpc) is 2.76. The Bertz CT molecular complexity index is 473. The zero-order valence-corrected chi connectivity index (χ0v) is 12.5. The maximum Gasteiger partial charge on any atom is 0.0451 e. The Hall–Kier alpha value is -0.0500. The van der Waals surface area contributed by atoms with Crippen molar-refractivity contribution in [3.05, 3.63) is 33.3 Å². The number of halogens is 2. The fraction of sp³-hybridized carbons (Fsp3) is 0.600. The first kappa shape index (κ1) is 11.7. The first-order valence-electron chi connectivity index (χ1n) is 6.91. The van der Waals surface area contributed by atoms with Crippen LogP contribution in [0.15, 0.2) is 22.7 Å². The van der Waals surface area contributed by atoms with Gasteiger partial charge in [-0.15, -0.1) is 0 Å². The lowest BCUT2D eigenvalue weighted by molar-refractivity contribution is 0.456. The van der Waals surface area contributed by atoms with E-state index < -0.39 is 0 Å². The standard InChI is InChI=1S/C15H17BrClN/c16-11-3-4-12(17)10(6-11)7-18-15-13-8-1-2-9(5-8)14(13)15/h3-4,6,8-9,13-15,18H,1-2,5,7H2. The molecule has 0 spiro atoms. The predicted octanol–water partition coefficient (Wildman–Crippen LogP) is 4.24. The van der Waals surface area contributed by atoms with Crippen molar-refractivity contribution in [2.45, 2.75) is 31.8 Å². The summed E-state index contributed by atoms with van der Waals surface area (Å²) in [6.45, 7) is 0.912. The highest BCUT2D eigenvalue weighted by atomic mass is 79.9. The number of rotatable bonds is 3. The van der Waals surface area contributed by atoms with Crippen LogP contribution in [-0.2, 0) is 6.54 Å². The van der Waals surface area contributed by atoms with Crippen molar-refractivity contribution >= 4 is 27.5 Å². The van der Waals surface area contributed by atoms with E-state index in [4.69, 9.17) is 11.6 Å². The molecule has 0 amide bonds. The Labute approximate surface area is 121 Å². The second-order valence-electron chi connectivity index (χ2n) is 6.13. The van der Waals surface area contributed by atoms with E-state index >= 15 is 0 Å². The third-order valence-electron chi connectivity index (χ3n) is 5.27. The van der Waals surface area contributed by atoms with Crippen molar-refractivity contribution in [3.8, 4) is 0 Å². The molecule has 96 valence electrons. The van der Waals surface area contributed by atoms with E-state index in [1.165, 1.54) is 24.8 Å². The number of hydrogen-bond acceptors (Lipinski definition) is 1. The minimum atomic E-state index is 0.784. The summed E-state index contributed by atoms with van der Waals surface area (Å²) in [5.41, 5.74) is 1.21. The van der Waals surface area contributed by atoms with Crippen LogP contribution < -0.4 is 5.32 Å². The SMILES string of the molecule is Clc1ccc(Br)cc1CNC1C2C3CCC(C3)C12. The zero-order valence-electron chi connectivity index (χ0n) is 10.2. The monoisotopic (exact) mass is 325 g/mol. The molecule has 4 unspecified atom stereocenters. The normalized spacial score (nSPS) is 40.0. The van der Waals surface area contributed by atoms with Gasteiger partial charge < -0.3 is 5.32 Å². The van der Waals surface area contributed by atoms with Gasteiger partial charge in [0.25, 0.3) is 0 Å². The third kappa shape index (κ3) is 1.76. The molecule has 3 saturated carbocycles. The van der Waals surface area contributed by atoms with Crippen LogP contribution in [0.1, 0.15) is 24.8 Å². The number of hydrogen-bond donors (Lipinski definition) is 1. The van der Waals surface area contributed by atoms with Gasteiger partial charge in [0.15, 0.2) is 0 Å². The molecule has 18 heavy (non-hydrogen) atoms. The van der Waals surface area contributed by atoms with Crippen LogP contribution in [0, 0.1) is 23.7 Å². The summed E-state index contributed by atoms with van der Waals surface area (Å²) in [6.07, 6.45) is 4.49. The topological polar surface area (TPSA) is 12.0 Å². The molecule has 1 nitrogen and oxygen atoms in total. The van der Waals surface area contributed by atoms with E-state index in [1.807, 2.05) is 12.1 Å². The number of fused-ring (bicyclic) bond motifs is 5. The Morgan fingerprint density at radius 1 is 1.22 bits per heavy atom. The molecular formula is C15H17BrClN. The molecule has 1 N–H and O–H groups in total. The predicted molar refractivity (Wildman–Crippen MR) is 77.6 cm³/mol. The Kier molecular flexibility index (Phi) is 2.76. The largest absolute Gasteiger partial charge is 0.309 e. The van der Waals surface area contributed by atoms with Gasteiger partial charge in [-0.3, -0.25) is 0 Å². The van der Waals surface area contributed by atoms with Crippen molar-refractivity contribution in [2.75, 3.05) is 0 Å². The van der Waals surface area contributed by atoms with Crippen molar-refractivity contribution in [2.24, 2.45) is 23.7 Å². The first-order chi connectivity index (χ1) is 8.74. The molecule has 0 radical (unpaired) electrons. The Balaban J connectivity index is 1.41. The van der Waals surface area contributed by atoms with E-state index in [0.29, 0.717) is 0 Å². The molecule has 2 bridgehead atoms. The molecule has 1 aromatic rings. The van der Waals surface area contributed by atoms with Gasteiger partial charge >= 0.3 is 0 Å². The fourth-order valence-electron chi connectivity index (χ4n) is 4.50. The maximum atomic E-state index is 6.23. The van der Waals surface area contributed by atoms with Crippen LogP contribution in [0.2, 0.25) is 5.02 Å². The summed E-state index contributed by atoms with van der Waals surface area (Å²) in [4.78, 5) is 0. The summed E-state index contributed by atoms with van der Waals surface area (Å²) in [6, 6.07) is 6.88. The molecule has 0 aliphatic heterocycles. The summed E-state index contributed by atoms with van der Waals surface area (Å²) in [5, 5.41) is 4.61. The van der Waals surface area contributed by atoms with Gasteiger partial charge in [-0.1, -0.05) is 27.5 Å². The van der Waals surface area contributed by atoms with Crippen LogP contribution in [0.4, 0.5) is 0 Å². The molecule has 0 aromatic heterocycles. The highest BCUT2D eigenvalue weighted by Crippen LogP contribution is 2.65. The second-order valence-corrected chi connectivity index (χ2v) is 7.45. The summed E-state index contributed by atoms with van der Waals surface area (Å²) >= 11 is 9.74. The van der Waals surface area contributed by atoms with E-state index in [0.717, 1.165) is 45.8 Å². The Morgan fingerprint density at radius 3 is 2.67 bits per heavy atom. The minimum absolute atomic E-state index is 0.784. The third-order valence-corrected chi connectivity index (χ3v) is 6.13. The second kappa shape index (κ2) is 4.22. The van der Waals surface area contributed by atoms with Crippen LogP contribution in [0.3, 0.4) is 0 Å². The summed E-state index contributed by atoms with van der Waals surface area (Å²) < 4.78 is 1.11. The number of nitrogens with one attached hydrogen (secondary N) is 1. The van der Waals surface area contributed by atoms with Crippen LogP contribution in [0.25, 0.3) is 0 Å². The highest BCUT2D eigenvalue weighted by molar-refractivity contribution is 9.10. The fourth-order valence-corrected chi connectivity index (χ4v) is 5.10. The molecule has 0 saturated heterocycles. The van der Waals surface area contributed by atoms with Gasteiger partial charge in [0, 0.05) is 22.1 Å². The lowest BCUT2D eigenvalue weighted by atomic mass is 10.0. The van der Waals surface area contributed by atoms with Gasteiger partial charge in [-0.25, -0.2) is 0 Å². The number of benzene rings is 1. The molecule has 4 atom stereocenters. The van der Waals surface area contributed by atoms with Gasteiger partial charge in [0.05, 0.1) is 0 Å². The van der Waals surface area contributed by atoms with Gasteiger partial charge in [-0.2, -0.15) is 0 Å². The van der Waals surface area contributed by atoms with E-state index in [1.54, 1.807) is 0 Å². The van der Waals surface area contributed by atoms with Gasteiger partial charge in [0.1, 0.15) is 0 Å². The first-order valence-corrected chi connectivity index (χ1v) is 8.08. The van der Waals surface area contributed by atoms with E-state index in [9.17, 15) is 0 Å². The molecule has 3 fully saturated rings. The summed E-state index contributed by atoms with van der Waals surface area (Å²) in [5.74, 6) is 4.07. The lowest BCUT2D eigenvalue weighted by Crippen LogP contribution is -2.22. The van der Waals surface area contributed by atoms with E-state index in [-0.39, 0.29) is 0 Å². The zero-order chi connectivity index (χ0) is 12.3. The molecular weight excluding hydrogens is 310 g/mol.